The van der Waals surface area contributed by atoms with Gasteiger partial charge in [-0.1, -0.05) is 48.5 Å². The molecule has 0 aliphatic carbocycles. The highest BCUT2D eigenvalue weighted by Crippen LogP contribution is 2.23. The predicted octanol–water partition coefficient (Wildman–Crippen LogP) is 4.25. The molecule has 3 N–H and O–H groups in total. The molecule has 2 atom stereocenters. The number of ether oxygens (including phenoxy) is 1. The number of carbonyl (C=O) groups excluding carboxylic acids is 2. The van der Waals surface area contributed by atoms with E-state index in [4.69, 9.17) is 4.74 Å². The SMILES string of the molecule is Cc1cc(COc2ccc(C(=O)N[C@@H]3CCN(Cc4ccccc4)C[C@@H]3C(=O)NO)cc2)c2ccccc2n1. The number of para-hydroxylation sites is 1. The summed E-state index contributed by atoms with van der Waals surface area (Å²) in [5, 5.41) is 13.4. The van der Waals surface area contributed by atoms with E-state index in [1.165, 1.54) is 0 Å². The first-order chi connectivity index (χ1) is 19.0. The molecule has 4 aromatic rings. The number of nitrogens with zero attached hydrogens (tertiary/aromatic N) is 2. The topological polar surface area (TPSA) is 104 Å². The van der Waals surface area contributed by atoms with E-state index in [9.17, 15) is 14.8 Å². The third kappa shape index (κ3) is 6.42. The van der Waals surface area contributed by atoms with Crippen LogP contribution < -0.4 is 15.5 Å². The molecular formula is C31H32N4O4. The minimum Gasteiger partial charge on any atom is -0.489 e. The number of piperidine rings is 1. The summed E-state index contributed by atoms with van der Waals surface area (Å²) in [6, 6.07) is 26.6. The number of hydrogen-bond acceptors (Lipinski definition) is 6. The van der Waals surface area contributed by atoms with Crippen molar-refractivity contribution < 1.29 is 19.5 Å². The molecule has 8 heteroatoms. The number of hydroxylamine groups is 1. The number of amides is 2. The molecule has 0 spiro atoms. The van der Waals surface area contributed by atoms with Crippen LogP contribution in [0.15, 0.2) is 84.9 Å². The molecule has 1 aliphatic rings. The summed E-state index contributed by atoms with van der Waals surface area (Å²) >= 11 is 0. The van der Waals surface area contributed by atoms with Gasteiger partial charge in [-0.25, -0.2) is 5.48 Å². The highest BCUT2D eigenvalue weighted by Gasteiger charge is 2.35. The van der Waals surface area contributed by atoms with Gasteiger partial charge in [0.15, 0.2) is 0 Å². The molecule has 0 unspecified atom stereocenters. The number of pyridine rings is 1. The first-order valence-electron chi connectivity index (χ1n) is 13.1. The lowest BCUT2D eigenvalue weighted by atomic mass is 9.90. The van der Waals surface area contributed by atoms with Crippen molar-refractivity contribution in [1.29, 1.82) is 0 Å². The van der Waals surface area contributed by atoms with Crippen LogP contribution in [-0.2, 0) is 17.9 Å². The summed E-state index contributed by atoms with van der Waals surface area (Å²) in [4.78, 5) is 32.3. The maximum absolute atomic E-state index is 13.0. The Labute approximate surface area is 227 Å². The number of nitrogens with one attached hydrogen (secondary N) is 2. The van der Waals surface area contributed by atoms with E-state index in [0.29, 0.717) is 37.4 Å². The Balaban J connectivity index is 1.20. The molecule has 2 heterocycles. The lowest BCUT2D eigenvalue weighted by Gasteiger charge is -2.37. The zero-order chi connectivity index (χ0) is 27.2. The minimum atomic E-state index is -0.572. The van der Waals surface area contributed by atoms with Gasteiger partial charge in [0.05, 0.1) is 11.4 Å². The number of fused-ring (bicyclic) bond motifs is 1. The molecule has 0 saturated carbocycles. The lowest BCUT2D eigenvalue weighted by molar-refractivity contribution is -0.136. The van der Waals surface area contributed by atoms with E-state index in [1.807, 2.05) is 67.6 Å². The van der Waals surface area contributed by atoms with Crippen LogP contribution in [0.5, 0.6) is 5.75 Å². The number of carbonyl (C=O) groups is 2. The average molecular weight is 525 g/mol. The van der Waals surface area contributed by atoms with E-state index in [2.05, 4.69) is 15.2 Å². The van der Waals surface area contributed by atoms with Crippen molar-refractivity contribution in [1.82, 2.24) is 20.7 Å². The monoisotopic (exact) mass is 524 g/mol. The Kier molecular flexibility index (Phi) is 8.15. The first-order valence-corrected chi connectivity index (χ1v) is 13.1. The zero-order valence-electron chi connectivity index (χ0n) is 21.8. The minimum absolute atomic E-state index is 0.269. The molecule has 0 radical (unpaired) electrons. The Bertz CT molecular complexity index is 1440. The Morgan fingerprint density at radius 2 is 1.77 bits per heavy atom. The Hall–Kier alpha value is -4.27. The number of benzene rings is 3. The van der Waals surface area contributed by atoms with Gasteiger partial charge < -0.3 is 10.1 Å². The fraction of sp³-hybridized carbons (Fsp3) is 0.258. The largest absolute Gasteiger partial charge is 0.489 e. The van der Waals surface area contributed by atoms with Gasteiger partial charge in [-0.05, 0) is 55.3 Å². The summed E-state index contributed by atoms with van der Waals surface area (Å²) in [6.07, 6.45) is 0.594. The molecule has 1 saturated heterocycles. The summed E-state index contributed by atoms with van der Waals surface area (Å²) < 4.78 is 6.02. The quantitative estimate of drug-likeness (QED) is 0.235. The van der Waals surface area contributed by atoms with E-state index >= 15 is 0 Å². The third-order valence-electron chi connectivity index (χ3n) is 7.15. The lowest BCUT2D eigenvalue weighted by Crippen LogP contribution is -2.55. The fourth-order valence-electron chi connectivity index (χ4n) is 5.16. The average Bonchev–Trinajstić information content (AvgIpc) is 2.97. The predicted molar refractivity (Wildman–Crippen MR) is 148 cm³/mol. The van der Waals surface area contributed by atoms with Crippen molar-refractivity contribution >= 4 is 22.7 Å². The number of hydrogen-bond donors (Lipinski definition) is 3. The normalized spacial score (nSPS) is 17.5. The van der Waals surface area contributed by atoms with Crippen LogP contribution in [0, 0.1) is 12.8 Å². The van der Waals surface area contributed by atoms with Crippen molar-refractivity contribution in [2.24, 2.45) is 5.92 Å². The summed E-state index contributed by atoms with van der Waals surface area (Å²) in [7, 11) is 0. The second-order valence-electron chi connectivity index (χ2n) is 9.92. The second kappa shape index (κ2) is 12.1. The van der Waals surface area contributed by atoms with Crippen LogP contribution in [0.2, 0.25) is 0 Å². The van der Waals surface area contributed by atoms with Gasteiger partial charge in [0.1, 0.15) is 12.4 Å². The van der Waals surface area contributed by atoms with Crippen LogP contribution >= 0.6 is 0 Å². The molecule has 200 valence electrons. The van der Waals surface area contributed by atoms with Crippen molar-refractivity contribution in [2.45, 2.75) is 32.5 Å². The second-order valence-corrected chi connectivity index (χ2v) is 9.92. The maximum atomic E-state index is 13.0. The van der Waals surface area contributed by atoms with Crippen molar-refractivity contribution in [3.8, 4) is 5.75 Å². The van der Waals surface area contributed by atoms with Crippen LogP contribution in [-0.4, -0.2) is 46.0 Å². The molecule has 8 nitrogen and oxygen atoms in total. The third-order valence-corrected chi connectivity index (χ3v) is 7.15. The molecule has 3 aromatic carbocycles. The van der Waals surface area contributed by atoms with Crippen molar-refractivity contribution in [2.75, 3.05) is 13.1 Å². The van der Waals surface area contributed by atoms with Crippen LogP contribution in [0.1, 0.15) is 33.6 Å². The number of likely N-dealkylation sites (tertiary alicyclic amines) is 1. The molecule has 5 rings (SSSR count). The van der Waals surface area contributed by atoms with Crippen molar-refractivity contribution in [3.63, 3.8) is 0 Å². The van der Waals surface area contributed by atoms with Gasteiger partial charge in [-0.3, -0.25) is 24.7 Å². The van der Waals surface area contributed by atoms with Gasteiger partial charge in [0.25, 0.3) is 5.91 Å². The van der Waals surface area contributed by atoms with Gasteiger partial charge in [0, 0.05) is 47.9 Å². The van der Waals surface area contributed by atoms with E-state index < -0.39 is 17.9 Å². The first kappa shape index (κ1) is 26.3. The summed E-state index contributed by atoms with van der Waals surface area (Å²) in [5.74, 6) is -0.690. The fourth-order valence-corrected chi connectivity index (χ4v) is 5.16. The molecule has 0 bridgehead atoms. The number of aryl methyl sites for hydroxylation is 1. The zero-order valence-corrected chi connectivity index (χ0v) is 21.8. The molecule has 1 aromatic heterocycles. The summed E-state index contributed by atoms with van der Waals surface area (Å²) in [6.45, 7) is 4.21. The number of rotatable bonds is 8. The maximum Gasteiger partial charge on any atom is 0.251 e. The highest BCUT2D eigenvalue weighted by molar-refractivity contribution is 5.95. The van der Waals surface area contributed by atoms with Crippen LogP contribution in [0.4, 0.5) is 0 Å². The number of aromatic nitrogens is 1. The van der Waals surface area contributed by atoms with Gasteiger partial charge in [-0.15, -0.1) is 0 Å². The van der Waals surface area contributed by atoms with Gasteiger partial charge in [-0.2, -0.15) is 0 Å². The van der Waals surface area contributed by atoms with E-state index in [0.717, 1.165) is 34.3 Å². The molecule has 39 heavy (non-hydrogen) atoms. The highest BCUT2D eigenvalue weighted by atomic mass is 16.5. The van der Waals surface area contributed by atoms with E-state index in [-0.39, 0.29) is 5.91 Å². The molecule has 2 amide bonds. The van der Waals surface area contributed by atoms with Gasteiger partial charge in [0.2, 0.25) is 5.91 Å². The Morgan fingerprint density at radius 1 is 1.03 bits per heavy atom. The van der Waals surface area contributed by atoms with Crippen LogP contribution in [0.3, 0.4) is 0 Å². The molecule has 1 aliphatic heterocycles. The molecule has 1 fully saturated rings. The smallest absolute Gasteiger partial charge is 0.251 e. The van der Waals surface area contributed by atoms with Crippen LogP contribution in [0.25, 0.3) is 10.9 Å². The van der Waals surface area contributed by atoms with Crippen molar-refractivity contribution in [3.05, 3.63) is 107 Å². The Morgan fingerprint density at radius 3 is 2.54 bits per heavy atom. The van der Waals surface area contributed by atoms with E-state index in [1.54, 1.807) is 29.7 Å². The summed E-state index contributed by atoms with van der Waals surface area (Å²) in [5.41, 5.74) is 6.31. The molecular weight excluding hydrogens is 492 g/mol. The van der Waals surface area contributed by atoms with Gasteiger partial charge >= 0.3 is 0 Å². The standard InChI is InChI=1S/C31H32N4O4/c1-21-17-24(26-9-5-6-10-28(26)32-21)20-39-25-13-11-23(12-14-25)30(36)33-29-15-16-35(19-27(29)31(37)34-38)18-22-7-3-2-4-8-22/h2-14,17,27,29,38H,15-16,18-20H2,1H3,(H,33,36)(H,34,37)/t27-,29+/m0/s1.